The molecule has 1 rings (SSSR count). The molecule has 5 N–H and O–H groups in total. The SMILES string of the molecule is C.CC(=O)C(N)CS.CC(=O)C1CSCC(=O)N1.CC(=O)CCl.CC(=O)CSCC(N)C(C)=O.O=C(CCl)OC(=O)CCl. The van der Waals surface area contributed by atoms with E-state index in [1.807, 2.05) is 0 Å². The summed E-state index contributed by atoms with van der Waals surface area (Å²) in [5.74, 6) is 0.677. The molecule has 0 aromatic carbocycles. The van der Waals surface area contributed by atoms with Gasteiger partial charge in [-0.05, 0) is 34.6 Å². The summed E-state index contributed by atoms with van der Waals surface area (Å²) in [5, 5.41) is 2.61. The Kier molecular flexibility index (Phi) is 40.3. The Bertz CT molecular complexity index is 869. The van der Waals surface area contributed by atoms with E-state index in [1.54, 1.807) is 0 Å². The number of carbonyl (C=O) groups is 8. The summed E-state index contributed by atoms with van der Waals surface area (Å²) in [6, 6.07) is -1.03. The zero-order valence-corrected chi connectivity index (χ0v) is 28.9. The molecule has 1 heterocycles. The Morgan fingerprint density at radius 3 is 1.58 bits per heavy atom. The average Bonchev–Trinajstić information content (AvgIpc) is 2.93. The van der Waals surface area contributed by atoms with Crippen molar-refractivity contribution in [3.63, 3.8) is 0 Å². The molecule has 0 bridgehead atoms. The molecule has 3 atom stereocenters. The minimum absolute atomic E-state index is 0. The van der Waals surface area contributed by atoms with Crippen molar-refractivity contribution in [3.05, 3.63) is 0 Å². The highest BCUT2D eigenvalue weighted by atomic mass is 35.5. The number of nitrogens with one attached hydrogen (secondary N) is 1. The number of hydrogen-bond acceptors (Lipinski definition) is 14. The van der Waals surface area contributed by atoms with Gasteiger partial charge in [0.25, 0.3) is 0 Å². The molecular formula is C25H44Cl3N3O9S3. The van der Waals surface area contributed by atoms with Crippen LogP contribution in [0.4, 0.5) is 0 Å². The highest BCUT2D eigenvalue weighted by Gasteiger charge is 2.21. The summed E-state index contributed by atoms with van der Waals surface area (Å²) in [5.41, 5.74) is 10.6. The minimum Gasteiger partial charge on any atom is -0.391 e. The van der Waals surface area contributed by atoms with Crippen molar-refractivity contribution < 1.29 is 43.1 Å². The monoisotopic (exact) mass is 731 g/mol. The largest absolute Gasteiger partial charge is 0.391 e. The lowest BCUT2D eigenvalue weighted by molar-refractivity contribution is -0.156. The molecule has 0 aromatic heterocycles. The first-order valence-electron chi connectivity index (χ1n) is 11.9. The van der Waals surface area contributed by atoms with Crippen molar-refractivity contribution in [1.82, 2.24) is 5.32 Å². The number of thiol groups is 1. The number of halogens is 3. The fourth-order valence-electron chi connectivity index (χ4n) is 1.52. The lowest BCUT2D eigenvalue weighted by Gasteiger charge is -2.19. The summed E-state index contributed by atoms with van der Waals surface area (Å²) >= 11 is 21.7. The van der Waals surface area contributed by atoms with Gasteiger partial charge in [0.2, 0.25) is 5.91 Å². The molecule has 1 aliphatic rings. The highest BCUT2D eigenvalue weighted by molar-refractivity contribution is 8.00. The number of ether oxygens (including phenoxy) is 1. The average molecular weight is 733 g/mol. The number of thioether (sulfide) groups is 2. The van der Waals surface area contributed by atoms with Gasteiger partial charge in [0.15, 0.2) is 5.78 Å². The number of nitrogens with two attached hydrogens (primary N) is 2. The molecule has 252 valence electrons. The third kappa shape index (κ3) is 40.8. The van der Waals surface area contributed by atoms with Gasteiger partial charge in [-0.2, -0.15) is 24.4 Å². The van der Waals surface area contributed by atoms with E-state index in [0.717, 1.165) is 5.75 Å². The van der Waals surface area contributed by atoms with E-state index in [4.69, 9.17) is 46.3 Å². The van der Waals surface area contributed by atoms with Crippen molar-refractivity contribution in [1.29, 1.82) is 0 Å². The fraction of sp³-hybridized carbons (Fsp3) is 0.680. The normalized spacial score (nSPS) is 14.1. The molecule has 43 heavy (non-hydrogen) atoms. The van der Waals surface area contributed by atoms with Gasteiger partial charge in [-0.1, -0.05) is 7.43 Å². The van der Waals surface area contributed by atoms with Gasteiger partial charge in [0.05, 0.1) is 35.5 Å². The topological polar surface area (TPSA) is 210 Å². The van der Waals surface area contributed by atoms with E-state index in [1.165, 1.54) is 58.1 Å². The van der Waals surface area contributed by atoms with E-state index in [-0.39, 0.29) is 72.0 Å². The number of hydrogen-bond donors (Lipinski definition) is 4. The van der Waals surface area contributed by atoms with Gasteiger partial charge in [0.1, 0.15) is 34.9 Å². The number of Topliss-reactive ketones (excluding diaryl/α,β-unsaturated/α-hetero) is 5. The molecule has 0 aliphatic carbocycles. The molecule has 1 aliphatic heterocycles. The molecule has 0 spiro atoms. The molecular weight excluding hydrogens is 689 g/mol. The molecule has 1 saturated heterocycles. The first kappa shape index (κ1) is 51.4. The van der Waals surface area contributed by atoms with Crippen molar-refractivity contribution in [2.24, 2.45) is 11.5 Å². The zero-order chi connectivity index (χ0) is 33.8. The maximum absolute atomic E-state index is 10.7. The summed E-state index contributed by atoms with van der Waals surface area (Å²) < 4.78 is 4.01. The van der Waals surface area contributed by atoms with E-state index in [9.17, 15) is 38.4 Å². The standard InChI is InChI=1S/C7H13NO2S.C6H9NO2S.C4H4Cl2O3.C4H9NOS.C3H5ClO.CH4/c1-5(9)3-11-4-7(8)6(2)10;1-4(8)5-2-10-3-6(9)7-5;5-1-3(7)9-4(8)2-6;1-3(6)4(5)2-7;1-3(5)2-4;/h7H,3-4,8H2,1-2H3;5H,2-3H2,1H3,(H,7,9);1-2H2;4,7H,2,5H2,1H3;2H2,1H3;1H4. The number of carbonyl (C=O) groups excluding carboxylic acids is 8. The summed E-state index contributed by atoms with van der Waals surface area (Å²) in [4.78, 5) is 82.6. The van der Waals surface area contributed by atoms with Crippen LogP contribution >= 0.6 is 71.0 Å². The third-order valence-corrected chi connectivity index (χ3v) is 7.27. The quantitative estimate of drug-likeness (QED) is 0.104. The van der Waals surface area contributed by atoms with Crippen molar-refractivity contribution in [3.8, 4) is 0 Å². The first-order chi connectivity index (χ1) is 19.4. The second-order valence-electron chi connectivity index (χ2n) is 8.03. The molecule has 0 aromatic rings. The first-order valence-corrected chi connectivity index (χ1v) is 16.4. The van der Waals surface area contributed by atoms with Gasteiger partial charge in [-0.25, -0.2) is 0 Å². The number of ketones is 5. The van der Waals surface area contributed by atoms with Crippen LogP contribution in [0, 0.1) is 0 Å². The lowest BCUT2D eigenvalue weighted by atomic mass is 10.2. The van der Waals surface area contributed by atoms with Crippen molar-refractivity contribution in [2.75, 3.05) is 46.4 Å². The molecule has 1 fully saturated rings. The van der Waals surface area contributed by atoms with Crippen LogP contribution in [0.3, 0.4) is 0 Å². The smallest absolute Gasteiger partial charge is 0.328 e. The van der Waals surface area contributed by atoms with Gasteiger partial charge in [-0.3, -0.25) is 38.4 Å². The van der Waals surface area contributed by atoms with Crippen LogP contribution in [0.15, 0.2) is 0 Å². The summed E-state index contributed by atoms with van der Waals surface area (Å²) in [7, 11) is 0. The lowest BCUT2D eigenvalue weighted by Crippen LogP contribution is -2.45. The van der Waals surface area contributed by atoms with Crippen LogP contribution in [-0.4, -0.2) is 111 Å². The van der Waals surface area contributed by atoms with Crippen LogP contribution < -0.4 is 16.8 Å². The Hall–Kier alpha value is -1.20. The van der Waals surface area contributed by atoms with Crippen LogP contribution in [0.2, 0.25) is 0 Å². The maximum atomic E-state index is 10.7. The van der Waals surface area contributed by atoms with E-state index < -0.39 is 18.0 Å². The predicted octanol–water partition coefficient (Wildman–Crippen LogP) is 1.85. The van der Waals surface area contributed by atoms with Crippen molar-refractivity contribution >= 4 is 118 Å². The predicted molar refractivity (Wildman–Crippen MR) is 180 cm³/mol. The summed E-state index contributed by atoms with van der Waals surface area (Å²) in [6.45, 7) is 7.38. The third-order valence-electron chi connectivity index (χ3n) is 3.82. The molecule has 18 heteroatoms. The second kappa shape index (κ2) is 33.7. The van der Waals surface area contributed by atoms with E-state index in [0.29, 0.717) is 23.0 Å². The van der Waals surface area contributed by atoms with Crippen LogP contribution in [0.25, 0.3) is 0 Å². The van der Waals surface area contributed by atoms with Crippen LogP contribution in [0.1, 0.15) is 42.0 Å². The van der Waals surface area contributed by atoms with Gasteiger partial charge in [-0.15, -0.1) is 46.6 Å². The number of esters is 2. The van der Waals surface area contributed by atoms with E-state index >= 15 is 0 Å². The molecule has 0 radical (unpaired) electrons. The van der Waals surface area contributed by atoms with Crippen LogP contribution in [0.5, 0.6) is 0 Å². The number of alkyl halides is 3. The minimum atomic E-state index is -0.776. The molecule has 3 unspecified atom stereocenters. The molecule has 1 amide bonds. The van der Waals surface area contributed by atoms with Crippen LogP contribution in [-0.2, 0) is 43.1 Å². The van der Waals surface area contributed by atoms with Crippen molar-refractivity contribution in [2.45, 2.75) is 60.2 Å². The molecule has 12 nitrogen and oxygen atoms in total. The van der Waals surface area contributed by atoms with E-state index in [2.05, 4.69) is 22.7 Å². The highest BCUT2D eigenvalue weighted by Crippen LogP contribution is 2.08. The Morgan fingerprint density at radius 1 is 0.907 bits per heavy atom. The Balaban J connectivity index is -0.000000142. The Morgan fingerprint density at radius 2 is 1.35 bits per heavy atom. The maximum Gasteiger partial charge on any atom is 0.328 e. The van der Waals surface area contributed by atoms with Gasteiger partial charge < -0.3 is 21.5 Å². The summed E-state index contributed by atoms with van der Waals surface area (Å²) in [6.07, 6.45) is 0. The molecule has 0 saturated carbocycles. The fourth-order valence-corrected chi connectivity index (χ4v) is 3.72. The van der Waals surface area contributed by atoms with Gasteiger partial charge in [0, 0.05) is 17.3 Å². The Labute approximate surface area is 282 Å². The second-order valence-corrected chi connectivity index (χ2v) is 11.3. The number of rotatable bonds is 11. The van der Waals surface area contributed by atoms with Gasteiger partial charge >= 0.3 is 11.9 Å². The zero-order valence-electron chi connectivity index (χ0n) is 24.1. The number of amides is 1.